The predicted octanol–water partition coefficient (Wildman–Crippen LogP) is 3.69. The third kappa shape index (κ3) is 4.52. The normalized spacial score (nSPS) is 10.9. The van der Waals surface area contributed by atoms with Gasteiger partial charge in [-0.15, -0.1) is 11.3 Å². The summed E-state index contributed by atoms with van der Waals surface area (Å²) < 4.78 is 42.6. The molecule has 2 aromatic rings. The average Bonchev–Trinajstić information content (AvgIpc) is 2.90. The van der Waals surface area contributed by atoms with Crippen molar-refractivity contribution in [3.8, 4) is 17.6 Å². The number of hydrogen-bond acceptors (Lipinski definition) is 3. The maximum absolute atomic E-state index is 12.4. The molecule has 1 heterocycles. The Morgan fingerprint density at radius 1 is 1.19 bits per heavy atom. The van der Waals surface area contributed by atoms with Crippen molar-refractivity contribution in [2.75, 3.05) is 6.61 Å². The van der Waals surface area contributed by atoms with Gasteiger partial charge in [-0.25, -0.2) is 0 Å². The van der Waals surface area contributed by atoms with E-state index in [0.717, 1.165) is 22.6 Å². The van der Waals surface area contributed by atoms with E-state index >= 15 is 0 Å². The van der Waals surface area contributed by atoms with E-state index in [1.54, 1.807) is 0 Å². The maximum Gasteiger partial charge on any atom is 0.416 e. The van der Waals surface area contributed by atoms with Crippen molar-refractivity contribution in [2.24, 2.45) is 0 Å². The lowest BCUT2D eigenvalue weighted by Gasteiger charge is -2.08. The van der Waals surface area contributed by atoms with E-state index in [2.05, 4.69) is 11.8 Å². The molecular weight excluding hydrogens is 301 g/mol. The van der Waals surface area contributed by atoms with Crippen molar-refractivity contribution in [1.82, 2.24) is 0 Å². The molecule has 1 aromatic carbocycles. The monoisotopic (exact) mass is 312 g/mol. The molecule has 21 heavy (non-hydrogen) atoms. The van der Waals surface area contributed by atoms with Crippen LogP contribution in [-0.4, -0.2) is 11.7 Å². The fraction of sp³-hybridized carbons (Fsp3) is 0.200. The van der Waals surface area contributed by atoms with E-state index < -0.39 is 11.7 Å². The molecule has 0 aliphatic heterocycles. The molecule has 0 atom stereocenters. The molecular formula is C15H11F3O2S. The Kier molecular flexibility index (Phi) is 4.89. The molecule has 0 aliphatic carbocycles. The third-order valence-corrected chi connectivity index (χ3v) is 3.44. The Balaban J connectivity index is 1.95. The second-order valence-electron chi connectivity index (χ2n) is 4.07. The van der Waals surface area contributed by atoms with Gasteiger partial charge in [-0.1, -0.05) is 11.8 Å². The molecule has 0 amide bonds. The van der Waals surface area contributed by atoms with Crippen LogP contribution in [0.4, 0.5) is 13.2 Å². The summed E-state index contributed by atoms with van der Waals surface area (Å²) >= 11 is 1.44. The molecule has 0 bridgehead atoms. The molecule has 0 unspecified atom stereocenters. The highest BCUT2D eigenvalue weighted by Crippen LogP contribution is 2.30. The zero-order valence-corrected chi connectivity index (χ0v) is 11.6. The van der Waals surface area contributed by atoms with Gasteiger partial charge in [0.05, 0.1) is 5.56 Å². The van der Waals surface area contributed by atoms with Crippen molar-refractivity contribution in [3.63, 3.8) is 0 Å². The van der Waals surface area contributed by atoms with Crippen LogP contribution in [0.25, 0.3) is 0 Å². The zero-order valence-electron chi connectivity index (χ0n) is 10.8. The number of aliphatic hydroxyl groups excluding tert-OH is 1. The molecule has 0 spiro atoms. The minimum atomic E-state index is -4.34. The molecule has 1 aromatic heterocycles. The molecule has 1 N–H and O–H groups in total. The van der Waals surface area contributed by atoms with Crippen LogP contribution in [0.1, 0.15) is 16.0 Å². The highest BCUT2D eigenvalue weighted by atomic mass is 32.1. The first-order valence-electron chi connectivity index (χ1n) is 5.96. The van der Waals surface area contributed by atoms with Crippen LogP contribution in [0.2, 0.25) is 0 Å². The van der Waals surface area contributed by atoms with E-state index in [4.69, 9.17) is 9.84 Å². The second-order valence-corrected chi connectivity index (χ2v) is 5.07. The average molecular weight is 312 g/mol. The Labute approximate surface area is 123 Å². The van der Waals surface area contributed by atoms with Gasteiger partial charge in [-0.3, -0.25) is 0 Å². The highest BCUT2D eigenvalue weighted by molar-refractivity contribution is 7.10. The van der Waals surface area contributed by atoms with Crippen molar-refractivity contribution >= 4 is 11.3 Å². The fourth-order valence-corrected chi connectivity index (χ4v) is 2.29. The van der Waals surface area contributed by atoms with Crippen molar-refractivity contribution in [2.45, 2.75) is 12.8 Å². The van der Waals surface area contributed by atoms with Crippen LogP contribution in [-0.2, 0) is 12.8 Å². The molecule has 2 nitrogen and oxygen atoms in total. The molecule has 0 aliphatic rings. The Bertz CT molecular complexity index is 648. The zero-order chi connectivity index (χ0) is 15.3. The molecule has 0 saturated heterocycles. The van der Waals surface area contributed by atoms with Crippen LogP contribution in [0.15, 0.2) is 35.7 Å². The summed E-state index contributed by atoms with van der Waals surface area (Å²) in [7, 11) is 0. The number of halogens is 3. The maximum atomic E-state index is 12.4. The molecule has 110 valence electrons. The summed E-state index contributed by atoms with van der Waals surface area (Å²) in [5, 5.41) is 10.4. The predicted molar refractivity (Wildman–Crippen MR) is 74.1 cm³/mol. The van der Waals surface area contributed by atoms with Crippen LogP contribution >= 0.6 is 11.3 Å². The largest absolute Gasteiger partial charge is 0.488 e. The van der Waals surface area contributed by atoms with E-state index in [9.17, 15) is 13.2 Å². The fourth-order valence-electron chi connectivity index (χ4n) is 1.56. The lowest BCUT2D eigenvalue weighted by Crippen LogP contribution is -2.04. The first kappa shape index (κ1) is 15.4. The standard InChI is InChI=1S/C15H11F3O2S/c16-15(17,18)12-3-5-13(6-4-12)20-9-14-8-11(10-21-14)2-1-7-19/h3-6,8,10,19H,7,9H2. The van der Waals surface area contributed by atoms with Gasteiger partial charge in [0.15, 0.2) is 0 Å². The second kappa shape index (κ2) is 6.66. The van der Waals surface area contributed by atoms with E-state index in [1.807, 2.05) is 11.4 Å². The van der Waals surface area contributed by atoms with Gasteiger partial charge >= 0.3 is 6.18 Å². The Morgan fingerprint density at radius 2 is 1.90 bits per heavy atom. The first-order valence-corrected chi connectivity index (χ1v) is 6.84. The van der Waals surface area contributed by atoms with E-state index in [0.29, 0.717) is 5.75 Å². The number of rotatable bonds is 3. The van der Waals surface area contributed by atoms with Gasteiger partial charge in [0.1, 0.15) is 19.0 Å². The minimum Gasteiger partial charge on any atom is -0.488 e. The van der Waals surface area contributed by atoms with Crippen molar-refractivity contribution in [1.29, 1.82) is 0 Å². The summed E-state index contributed by atoms with van der Waals surface area (Å²) in [5.41, 5.74) is 0.0765. The van der Waals surface area contributed by atoms with Crippen LogP contribution in [0.5, 0.6) is 5.75 Å². The number of aliphatic hydroxyl groups is 1. The molecule has 0 saturated carbocycles. The summed E-state index contributed by atoms with van der Waals surface area (Å²) in [6.45, 7) is 0.0596. The number of alkyl halides is 3. The minimum absolute atomic E-state index is 0.201. The van der Waals surface area contributed by atoms with Crippen LogP contribution < -0.4 is 4.74 Å². The number of thiophene rings is 1. The number of benzene rings is 1. The van der Waals surface area contributed by atoms with Crippen LogP contribution in [0, 0.1) is 11.8 Å². The van der Waals surface area contributed by atoms with Gasteiger partial charge in [-0.05, 0) is 30.3 Å². The SMILES string of the molecule is OCC#Cc1csc(COc2ccc(C(F)(F)F)cc2)c1. The van der Waals surface area contributed by atoms with Gasteiger partial charge in [0.25, 0.3) is 0 Å². The van der Waals surface area contributed by atoms with Crippen molar-refractivity contribution in [3.05, 3.63) is 51.7 Å². The number of ether oxygens (including phenoxy) is 1. The third-order valence-electron chi connectivity index (χ3n) is 2.53. The first-order chi connectivity index (χ1) is 9.99. The van der Waals surface area contributed by atoms with Crippen molar-refractivity contribution < 1.29 is 23.0 Å². The highest BCUT2D eigenvalue weighted by Gasteiger charge is 2.29. The molecule has 0 radical (unpaired) electrons. The lowest BCUT2D eigenvalue weighted by molar-refractivity contribution is -0.137. The molecule has 6 heteroatoms. The smallest absolute Gasteiger partial charge is 0.416 e. The Hall–Kier alpha value is -1.97. The van der Waals surface area contributed by atoms with Gasteiger partial charge in [0, 0.05) is 15.8 Å². The van der Waals surface area contributed by atoms with Gasteiger partial charge < -0.3 is 9.84 Å². The molecule has 2 rings (SSSR count). The Morgan fingerprint density at radius 3 is 2.52 bits per heavy atom. The van der Waals surface area contributed by atoms with E-state index in [-0.39, 0.29) is 13.2 Å². The van der Waals surface area contributed by atoms with Crippen LogP contribution in [0.3, 0.4) is 0 Å². The van der Waals surface area contributed by atoms with Gasteiger partial charge in [0.2, 0.25) is 0 Å². The summed E-state index contributed by atoms with van der Waals surface area (Å²) in [4.78, 5) is 0.900. The summed E-state index contributed by atoms with van der Waals surface area (Å²) in [6, 6.07) is 6.38. The van der Waals surface area contributed by atoms with E-state index in [1.165, 1.54) is 23.5 Å². The molecule has 0 fully saturated rings. The summed E-state index contributed by atoms with van der Waals surface area (Å²) in [6.07, 6.45) is -4.34. The summed E-state index contributed by atoms with van der Waals surface area (Å²) in [5.74, 6) is 5.68. The number of hydrogen-bond donors (Lipinski definition) is 1. The van der Waals surface area contributed by atoms with Gasteiger partial charge in [-0.2, -0.15) is 13.2 Å². The quantitative estimate of drug-likeness (QED) is 0.876. The topological polar surface area (TPSA) is 29.5 Å². The lowest BCUT2D eigenvalue weighted by atomic mass is 10.2.